The average molecular weight is 240 g/mol. The Kier molecular flexibility index (Phi) is 4.11. The number of hydrogen-bond acceptors (Lipinski definition) is 3. The van der Waals surface area contributed by atoms with Crippen molar-refractivity contribution in [3.63, 3.8) is 0 Å². The summed E-state index contributed by atoms with van der Waals surface area (Å²) in [6, 6.07) is 0.363. The van der Waals surface area contributed by atoms with E-state index in [9.17, 15) is 5.11 Å². The van der Waals surface area contributed by atoms with Gasteiger partial charge in [0.1, 0.15) is 0 Å². The van der Waals surface area contributed by atoms with Gasteiger partial charge < -0.3 is 15.7 Å². The second-order valence-electron chi connectivity index (χ2n) is 6.89. The molecule has 1 saturated heterocycles. The molecule has 3 N–H and O–H groups in total. The Balaban J connectivity index is 1.88. The van der Waals surface area contributed by atoms with Gasteiger partial charge in [0.15, 0.2) is 0 Å². The van der Waals surface area contributed by atoms with Gasteiger partial charge in [-0.25, -0.2) is 0 Å². The van der Waals surface area contributed by atoms with Crippen molar-refractivity contribution in [2.75, 3.05) is 19.6 Å². The topological polar surface area (TPSA) is 49.5 Å². The molecular formula is C14H28N2O. The van der Waals surface area contributed by atoms with E-state index in [0.29, 0.717) is 17.4 Å². The van der Waals surface area contributed by atoms with E-state index in [1.165, 1.54) is 12.8 Å². The summed E-state index contributed by atoms with van der Waals surface area (Å²) in [7, 11) is 0. The Morgan fingerprint density at radius 3 is 2.82 bits per heavy atom. The molecule has 1 aliphatic heterocycles. The van der Waals surface area contributed by atoms with E-state index in [-0.39, 0.29) is 6.10 Å². The zero-order valence-corrected chi connectivity index (χ0v) is 11.4. The molecule has 1 aliphatic carbocycles. The van der Waals surface area contributed by atoms with Gasteiger partial charge in [-0.05, 0) is 50.0 Å². The van der Waals surface area contributed by atoms with Crippen LogP contribution in [0.15, 0.2) is 0 Å². The van der Waals surface area contributed by atoms with Crippen LogP contribution in [0, 0.1) is 11.3 Å². The van der Waals surface area contributed by atoms with Crippen molar-refractivity contribution < 1.29 is 5.11 Å². The number of aliphatic hydroxyl groups excluding tert-OH is 1. The lowest BCUT2D eigenvalue weighted by Crippen LogP contribution is -2.48. The molecule has 0 amide bonds. The zero-order valence-electron chi connectivity index (χ0n) is 11.4. The van der Waals surface area contributed by atoms with Crippen molar-refractivity contribution in [3.8, 4) is 0 Å². The van der Waals surface area contributed by atoms with E-state index in [1.54, 1.807) is 0 Å². The fourth-order valence-corrected chi connectivity index (χ4v) is 3.48. The summed E-state index contributed by atoms with van der Waals surface area (Å²) >= 11 is 0. The Hall–Kier alpha value is -0.120. The third-order valence-electron chi connectivity index (χ3n) is 4.55. The van der Waals surface area contributed by atoms with Crippen LogP contribution in [0.3, 0.4) is 0 Å². The molecule has 0 aromatic heterocycles. The summed E-state index contributed by atoms with van der Waals surface area (Å²) in [6.45, 7) is 7.79. The summed E-state index contributed by atoms with van der Waals surface area (Å²) in [6.07, 6.45) is 5.64. The highest BCUT2D eigenvalue weighted by atomic mass is 16.3. The third kappa shape index (κ3) is 3.67. The molecule has 2 rings (SSSR count). The summed E-state index contributed by atoms with van der Waals surface area (Å²) in [5, 5.41) is 9.70. The average Bonchev–Trinajstić information content (AvgIpc) is 2.23. The van der Waals surface area contributed by atoms with Crippen LogP contribution >= 0.6 is 0 Å². The molecule has 2 aliphatic rings. The van der Waals surface area contributed by atoms with E-state index < -0.39 is 0 Å². The van der Waals surface area contributed by atoms with Crippen LogP contribution in [-0.2, 0) is 0 Å². The van der Waals surface area contributed by atoms with Gasteiger partial charge in [0, 0.05) is 19.1 Å². The smallest absolute Gasteiger partial charge is 0.0667 e. The predicted molar refractivity (Wildman–Crippen MR) is 70.8 cm³/mol. The first-order chi connectivity index (χ1) is 7.96. The van der Waals surface area contributed by atoms with Gasteiger partial charge in [0.2, 0.25) is 0 Å². The molecule has 3 atom stereocenters. The standard InChI is InChI=1S/C14H28N2O/c1-14(2)6-5-13(15)11(8-14)9-16-7-3-4-12(17)10-16/h11-13,17H,3-10,15H2,1-2H3. The lowest BCUT2D eigenvalue weighted by molar-refractivity contribution is 0.0444. The highest BCUT2D eigenvalue weighted by Crippen LogP contribution is 2.38. The van der Waals surface area contributed by atoms with E-state index >= 15 is 0 Å². The van der Waals surface area contributed by atoms with Crippen molar-refractivity contribution in [1.82, 2.24) is 4.90 Å². The molecule has 0 bridgehead atoms. The van der Waals surface area contributed by atoms with E-state index in [2.05, 4.69) is 18.7 Å². The van der Waals surface area contributed by atoms with Gasteiger partial charge in [-0.15, -0.1) is 0 Å². The number of rotatable bonds is 2. The first-order valence-electron chi connectivity index (χ1n) is 7.12. The van der Waals surface area contributed by atoms with Gasteiger partial charge in [0.05, 0.1) is 6.10 Å². The van der Waals surface area contributed by atoms with Crippen molar-refractivity contribution in [3.05, 3.63) is 0 Å². The maximum Gasteiger partial charge on any atom is 0.0667 e. The number of aliphatic hydroxyl groups is 1. The maximum atomic E-state index is 9.70. The number of nitrogens with two attached hydrogens (primary N) is 1. The Morgan fingerprint density at radius 1 is 1.35 bits per heavy atom. The van der Waals surface area contributed by atoms with Crippen molar-refractivity contribution in [2.24, 2.45) is 17.1 Å². The Labute approximate surface area is 105 Å². The third-order valence-corrected chi connectivity index (χ3v) is 4.55. The van der Waals surface area contributed by atoms with Crippen LogP contribution in [0.25, 0.3) is 0 Å². The Bertz CT molecular complexity index is 255. The largest absolute Gasteiger partial charge is 0.392 e. The van der Waals surface area contributed by atoms with Gasteiger partial charge in [0.25, 0.3) is 0 Å². The number of piperidine rings is 1. The molecule has 0 aromatic carbocycles. The normalized spacial score (nSPS) is 39.2. The second kappa shape index (κ2) is 5.25. The molecule has 17 heavy (non-hydrogen) atoms. The van der Waals surface area contributed by atoms with Gasteiger partial charge in [-0.1, -0.05) is 13.8 Å². The van der Waals surface area contributed by atoms with Gasteiger partial charge in [-0.2, -0.15) is 0 Å². The summed E-state index contributed by atoms with van der Waals surface area (Å²) < 4.78 is 0. The van der Waals surface area contributed by atoms with Crippen LogP contribution in [0.4, 0.5) is 0 Å². The van der Waals surface area contributed by atoms with Crippen LogP contribution in [-0.4, -0.2) is 41.8 Å². The monoisotopic (exact) mass is 240 g/mol. The van der Waals surface area contributed by atoms with Crippen LogP contribution in [0.1, 0.15) is 46.0 Å². The molecule has 1 heterocycles. The fourth-order valence-electron chi connectivity index (χ4n) is 3.48. The quantitative estimate of drug-likeness (QED) is 0.771. The molecule has 0 aromatic rings. The van der Waals surface area contributed by atoms with Crippen LogP contribution < -0.4 is 5.73 Å². The van der Waals surface area contributed by atoms with Gasteiger partial charge in [-0.3, -0.25) is 0 Å². The molecule has 3 heteroatoms. The van der Waals surface area contributed by atoms with E-state index in [4.69, 9.17) is 5.73 Å². The molecule has 3 nitrogen and oxygen atoms in total. The Morgan fingerprint density at radius 2 is 2.12 bits per heavy atom. The van der Waals surface area contributed by atoms with Gasteiger partial charge >= 0.3 is 0 Å². The second-order valence-corrected chi connectivity index (χ2v) is 6.89. The minimum Gasteiger partial charge on any atom is -0.392 e. The lowest BCUT2D eigenvalue weighted by Gasteiger charge is -2.42. The molecule has 2 fully saturated rings. The number of β-amino-alcohol motifs (C(OH)–C–C–N with tert-alkyl or cyclic N) is 1. The molecule has 0 radical (unpaired) electrons. The summed E-state index contributed by atoms with van der Waals surface area (Å²) in [5.74, 6) is 0.615. The number of likely N-dealkylation sites (tertiary alicyclic amines) is 1. The summed E-state index contributed by atoms with van der Waals surface area (Å²) in [4.78, 5) is 2.42. The first kappa shape index (κ1) is 13.3. The minimum absolute atomic E-state index is 0.114. The zero-order chi connectivity index (χ0) is 12.5. The molecular weight excluding hydrogens is 212 g/mol. The molecule has 1 saturated carbocycles. The van der Waals surface area contributed by atoms with Crippen LogP contribution in [0.5, 0.6) is 0 Å². The number of nitrogens with zero attached hydrogens (tertiary/aromatic N) is 1. The molecule has 100 valence electrons. The fraction of sp³-hybridized carbons (Fsp3) is 1.00. The van der Waals surface area contributed by atoms with E-state index in [1.807, 2.05) is 0 Å². The maximum absolute atomic E-state index is 9.70. The van der Waals surface area contributed by atoms with Crippen molar-refractivity contribution in [1.29, 1.82) is 0 Å². The van der Waals surface area contributed by atoms with E-state index in [0.717, 1.165) is 38.9 Å². The first-order valence-corrected chi connectivity index (χ1v) is 7.12. The van der Waals surface area contributed by atoms with Crippen molar-refractivity contribution in [2.45, 2.75) is 58.1 Å². The van der Waals surface area contributed by atoms with Crippen molar-refractivity contribution >= 4 is 0 Å². The highest BCUT2D eigenvalue weighted by molar-refractivity contribution is 4.89. The lowest BCUT2D eigenvalue weighted by atomic mass is 9.70. The molecule has 0 spiro atoms. The highest BCUT2D eigenvalue weighted by Gasteiger charge is 2.34. The minimum atomic E-state index is -0.114. The summed E-state index contributed by atoms with van der Waals surface area (Å²) in [5.41, 5.74) is 6.72. The number of hydrogen-bond donors (Lipinski definition) is 2. The predicted octanol–water partition coefficient (Wildman–Crippen LogP) is 1.60. The SMILES string of the molecule is CC1(C)CCC(N)C(CN2CCCC(O)C2)C1. The molecule has 3 unspecified atom stereocenters. The van der Waals surface area contributed by atoms with Crippen LogP contribution in [0.2, 0.25) is 0 Å².